The number of oxazole rings is 1. The molecule has 0 saturated heterocycles. The Bertz CT molecular complexity index is 2840. The number of hydrogen-bond acceptors (Lipinski definition) is 4. The number of anilines is 3. The number of para-hydroxylation sites is 1. The van der Waals surface area contributed by atoms with Crippen molar-refractivity contribution in [1.82, 2.24) is 4.98 Å². The third kappa shape index (κ3) is 5.04. The van der Waals surface area contributed by atoms with Crippen LogP contribution in [-0.4, -0.2) is 4.98 Å². The molecule has 4 nitrogen and oxygen atoms in total. The van der Waals surface area contributed by atoms with Gasteiger partial charge in [0.15, 0.2) is 5.58 Å². The van der Waals surface area contributed by atoms with Crippen molar-refractivity contribution in [3.63, 3.8) is 0 Å². The molecule has 0 aliphatic rings. The standard InChI is InChI=1S/C47H30N2O2/c1-3-10-31(11-4-1)32-18-22-35(23-19-32)49(37-26-29-45-42(30-37)40-14-7-8-17-44(40)50-45)36-24-20-33(21-25-36)38-15-9-16-41-39(38)27-28-43-46(41)51-47(48-43)34-12-5-2-6-13-34/h1-30H. The van der Waals surface area contributed by atoms with Gasteiger partial charge in [-0.3, -0.25) is 0 Å². The molecule has 51 heavy (non-hydrogen) atoms. The molecule has 10 rings (SSSR count). The maximum atomic E-state index is 6.37. The zero-order valence-electron chi connectivity index (χ0n) is 27.5. The van der Waals surface area contributed by atoms with Crippen molar-refractivity contribution in [1.29, 1.82) is 0 Å². The molecule has 4 heteroatoms. The summed E-state index contributed by atoms with van der Waals surface area (Å²) in [5, 5.41) is 4.37. The van der Waals surface area contributed by atoms with Crippen molar-refractivity contribution >= 4 is 60.9 Å². The summed E-state index contributed by atoms with van der Waals surface area (Å²) >= 11 is 0. The second-order valence-corrected chi connectivity index (χ2v) is 12.8. The molecule has 8 aromatic carbocycles. The molecule has 0 N–H and O–H groups in total. The van der Waals surface area contributed by atoms with Crippen LogP contribution in [0.1, 0.15) is 0 Å². The predicted octanol–water partition coefficient (Wildman–Crippen LogP) is 13.4. The van der Waals surface area contributed by atoms with Crippen LogP contribution < -0.4 is 4.90 Å². The first-order valence-electron chi connectivity index (χ1n) is 17.1. The summed E-state index contributed by atoms with van der Waals surface area (Å²) in [6.45, 7) is 0. The summed E-state index contributed by atoms with van der Waals surface area (Å²) in [6.07, 6.45) is 0. The minimum absolute atomic E-state index is 0.631. The molecule has 0 atom stereocenters. The molecule has 0 bridgehead atoms. The van der Waals surface area contributed by atoms with Gasteiger partial charge in [0.05, 0.1) is 0 Å². The number of benzene rings is 8. The molecular weight excluding hydrogens is 625 g/mol. The fourth-order valence-corrected chi connectivity index (χ4v) is 7.22. The third-order valence-electron chi connectivity index (χ3n) is 9.72. The Balaban J connectivity index is 1.07. The number of nitrogens with zero attached hydrogens (tertiary/aromatic N) is 2. The molecule has 0 saturated carbocycles. The average molecular weight is 655 g/mol. The molecule has 0 aliphatic carbocycles. The van der Waals surface area contributed by atoms with Gasteiger partial charge in [-0.2, -0.15) is 0 Å². The van der Waals surface area contributed by atoms with E-state index in [1.54, 1.807) is 0 Å². The highest BCUT2D eigenvalue weighted by atomic mass is 16.3. The molecule has 0 fully saturated rings. The lowest BCUT2D eigenvalue weighted by Gasteiger charge is -2.26. The zero-order valence-corrected chi connectivity index (χ0v) is 27.5. The van der Waals surface area contributed by atoms with Gasteiger partial charge in [0, 0.05) is 38.8 Å². The number of hydrogen-bond donors (Lipinski definition) is 0. The van der Waals surface area contributed by atoms with E-state index in [2.05, 4.69) is 138 Å². The average Bonchev–Trinajstić information content (AvgIpc) is 3.81. The van der Waals surface area contributed by atoms with Crippen LogP contribution in [0.5, 0.6) is 0 Å². The normalized spacial score (nSPS) is 11.5. The van der Waals surface area contributed by atoms with E-state index in [1.807, 2.05) is 48.5 Å². The van der Waals surface area contributed by atoms with Crippen LogP contribution in [0.15, 0.2) is 191 Å². The highest BCUT2D eigenvalue weighted by molar-refractivity contribution is 6.09. The quantitative estimate of drug-likeness (QED) is 0.179. The smallest absolute Gasteiger partial charge is 0.227 e. The summed E-state index contributed by atoms with van der Waals surface area (Å²) in [5.41, 5.74) is 12.2. The van der Waals surface area contributed by atoms with Crippen molar-refractivity contribution in [2.75, 3.05) is 4.90 Å². The van der Waals surface area contributed by atoms with Crippen molar-refractivity contribution in [2.24, 2.45) is 0 Å². The van der Waals surface area contributed by atoms with Crippen LogP contribution in [0, 0.1) is 0 Å². The van der Waals surface area contributed by atoms with Crippen LogP contribution in [-0.2, 0) is 0 Å². The largest absolute Gasteiger partial charge is 0.456 e. The topological polar surface area (TPSA) is 42.4 Å². The molecule has 0 radical (unpaired) electrons. The SMILES string of the molecule is c1ccc(-c2ccc(N(c3ccc(-c4cccc5c4ccc4nc(-c6ccccc6)oc45)cc3)c3ccc4oc5ccccc5c4c3)cc2)cc1. The lowest BCUT2D eigenvalue weighted by Crippen LogP contribution is -2.09. The first-order chi connectivity index (χ1) is 25.3. The van der Waals surface area contributed by atoms with Crippen LogP contribution in [0.4, 0.5) is 17.1 Å². The first-order valence-corrected chi connectivity index (χ1v) is 17.1. The maximum Gasteiger partial charge on any atom is 0.227 e. The Morgan fingerprint density at radius 2 is 0.980 bits per heavy atom. The molecule has 2 aromatic heterocycles. The third-order valence-corrected chi connectivity index (χ3v) is 9.72. The Morgan fingerprint density at radius 3 is 1.75 bits per heavy atom. The van der Waals surface area contributed by atoms with E-state index in [4.69, 9.17) is 13.8 Å². The van der Waals surface area contributed by atoms with E-state index in [1.165, 1.54) is 11.1 Å². The summed E-state index contributed by atoms with van der Waals surface area (Å²) in [4.78, 5) is 7.11. The van der Waals surface area contributed by atoms with E-state index in [-0.39, 0.29) is 0 Å². The van der Waals surface area contributed by atoms with Crippen LogP contribution in [0.3, 0.4) is 0 Å². The number of aromatic nitrogens is 1. The number of furan rings is 1. The van der Waals surface area contributed by atoms with Crippen LogP contribution in [0.25, 0.3) is 77.5 Å². The fourth-order valence-electron chi connectivity index (χ4n) is 7.22. The van der Waals surface area contributed by atoms with Gasteiger partial charge in [-0.1, -0.05) is 115 Å². The summed E-state index contributed by atoms with van der Waals surface area (Å²) in [5.74, 6) is 0.631. The number of rotatable bonds is 6. The Hall–Kier alpha value is -6.91. The first kappa shape index (κ1) is 29.0. The van der Waals surface area contributed by atoms with Crippen molar-refractivity contribution in [2.45, 2.75) is 0 Å². The van der Waals surface area contributed by atoms with Crippen LogP contribution in [0.2, 0.25) is 0 Å². The molecule has 0 unspecified atom stereocenters. The molecule has 0 spiro atoms. The minimum Gasteiger partial charge on any atom is -0.456 e. The van der Waals surface area contributed by atoms with Crippen molar-refractivity contribution < 1.29 is 8.83 Å². The van der Waals surface area contributed by atoms with Gasteiger partial charge in [0.25, 0.3) is 0 Å². The Kier molecular flexibility index (Phi) is 6.78. The van der Waals surface area contributed by atoms with E-state index >= 15 is 0 Å². The van der Waals surface area contributed by atoms with Crippen molar-refractivity contribution in [3.8, 4) is 33.7 Å². The van der Waals surface area contributed by atoms with Crippen molar-refractivity contribution in [3.05, 3.63) is 182 Å². The Labute approximate surface area is 294 Å². The number of fused-ring (bicyclic) bond motifs is 6. The van der Waals surface area contributed by atoms with Gasteiger partial charge < -0.3 is 13.7 Å². The highest BCUT2D eigenvalue weighted by Crippen LogP contribution is 2.41. The second-order valence-electron chi connectivity index (χ2n) is 12.8. The molecular formula is C47H30N2O2. The van der Waals surface area contributed by atoms with Gasteiger partial charge in [0.1, 0.15) is 16.7 Å². The van der Waals surface area contributed by atoms with Gasteiger partial charge in [-0.25, -0.2) is 4.98 Å². The van der Waals surface area contributed by atoms with Gasteiger partial charge >= 0.3 is 0 Å². The van der Waals surface area contributed by atoms with Gasteiger partial charge in [-0.15, -0.1) is 0 Å². The van der Waals surface area contributed by atoms with E-state index in [9.17, 15) is 0 Å². The maximum absolute atomic E-state index is 6.37. The van der Waals surface area contributed by atoms with Gasteiger partial charge in [0.2, 0.25) is 5.89 Å². The Morgan fingerprint density at radius 1 is 0.373 bits per heavy atom. The van der Waals surface area contributed by atoms with E-state index in [0.29, 0.717) is 5.89 Å². The lowest BCUT2D eigenvalue weighted by molar-refractivity contribution is 0.623. The molecule has 0 aliphatic heterocycles. The van der Waals surface area contributed by atoms with E-state index < -0.39 is 0 Å². The fraction of sp³-hybridized carbons (Fsp3) is 0. The highest BCUT2D eigenvalue weighted by Gasteiger charge is 2.17. The summed E-state index contributed by atoms with van der Waals surface area (Å²) < 4.78 is 12.6. The summed E-state index contributed by atoms with van der Waals surface area (Å²) in [7, 11) is 0. The van der Waals surface area contributed by atoms with Crippen LogP contribution >= 0.6 is 0 Å². The monoisotopic (exact) mass is 654 g/mol. The minimum atomic E-state index is 0.631. The lowest BCUT2D eigenvalue weighted by atomic mass is 9.97. The predicted molar refractivity (Wildman–Crippen MR) is 210 cm³/mol. The zero-order chi connectivity index (χ0) is 33.7. The molecule has 0 amide bonds. The molecule has 10 aromatic rings. The molecule has 240 valence electrons. The van der Waals surface area contributed by atoms with Gasteiger partial charge in [-0.05, 0) is 94.4 Å². The summed E-state index contributed by atoms with van der Waals surface area (Å²) in [6, 6.07) is 63.4. The molecule has 2 heterocycles. The van der Waals surface area contributed by atoms with E-state index in [0.717, 1.165) is 77.6 Å². The second kappa shape index (κ2) is 11.9.